The highest BCUT2D eigenvalue weighted by Crippen LogP contribution is 2.38. The predicted octanol–water partition coefficient (Wildman–Crippen LogP) is 4.53. The molecule has 2 aliphatic heterocycles. The van der Waals surface area contributed by atoms with Crippen LogP contribution in [0.15, 0.2) is 24.3 Å². The van der Waals surface area contributed by atoms with E-state index in [4.69, 9.17) is 4.74 Å². The minimum absolute atomic E-state index is 0.0833. The summed E-state index contributed by atoms with van der Waals surface area (Å²) < 4.78 is 45.0. The van der Waals surface area contributed by atoms with Gasteiger partial charge >= 0.3 is 6.18 Å². The van der Waals surface area contributed by atoms with E-state index in [1.807, 2.05) is 13.8 Å². The van der Waals surface area contributed by atoms with Gasteiger partial charge in [-0.15, -0.1) is 0 Å². The van der Waals surface area contributed by atoms with E-state index in [0.29, 0.717) is 70.6 Å². The molecule has 1 spiro atoms. The minimum atomic E-state index is -4.37. The van der Waals surface area contributed by atoms with Crippen LogP contribution in [0.4, 0.5) is 13.2 Å². The van der Waals surface area contributed by atoms with Crippen molar-refractivity contribution in [3.63, 3.8) is 0 Å². The Hall–Kier alpha value is -2.13. The highest BCUT2D eigenvalue weighted by molar-refractivity contribution is 5.90. The summed E-state index contributed by atoms with van der Waals surface area (Å²) in [6, 6.07) is 4.86. The van der Waals surface area contributed by atoms with Crippen molar-refractivity contribution in [2.24, 2.45) is 11.3 Å². The van der Waals surface area contributed by atoms with Gasteiger partial charge in [0.05, 0.1) is 11.0 Å². The molecule has 9 heteroatoms. The van der Waals surface area contributed by atoms with E-state index in [1.54, 1.807) is 6.07 Å². The van der Waals surface area contributed by atoms with Crippen LogP contribution in [0.5, 0.6) is 0 Å². The van der Waals surface area contributed by atoms with E-state index in [2.05, 4.69) is 15.5 Å². The number of alkyl halides is 3. The van der Waals surface area contributed by atoms with Crippen LogP contribution in [0.3, 0.4) is 0 Å². The lowest BCUT2D eigenvalue weighted by atomic mass is 9.73. The summed E-state index contributed by atoms with van der Waals surface area (Å²) in [5.41, 5.74) is -0.623. The van der Waals surface area contributed by atoms with Crippen molar-refractivity contribution in [1.29, 1.82) is 0 Å². The fourth-order valence-corrected chi connectivity index (χ4v) is 5.13. The van der Waals surface area contributed by atoms with Crippen molar-refractivity contribution < 1.29 is 27.5 Å². The van der Waals surface area contributed by atoms with Gasteiger partial charge in [0.15, 0.2) is 0 Å². The van der Waals surface area contributed by atoms with Crippen molar-refractivity contribution in [1.82, 2.24) is 15.5 Å². The number of hydrogen-bond acceptors (Lipinski definition) is 4. The SMILES string of the molecule is CC(C)C[C@@H]1NC(=O)C2(CCCCOCCCNC1=O)CCN(Cc1cccc(C(F)(F)F)c1)CC2. The standard InChI is InChI=1S/C27H40F3N3O3/c1-20(2)17-23-24(34)31-12-6-16-36-15-4-3-9-26(25(35)32-23)10-13-33(14-11-26)19-21-7-5-8-22(18-21)27(28,29)30/h5,7-8,18,20,23H,3-4,6,9-17,19H2,1-2H3,(H,31,34)(H,32,35)/t23-/m0/s1. The summed E-state index contributed by atoms with van der Waals surface area (Å²) in [5.74, 6) is -0.000218. The summed E-state index contributed by atoms with van der Waals surface area (Å²) in [7, 11) is 0. The maximum Gasteiger partial charge on any atom is 0.416 e. The summed E-state index contributed by atoms with van der Waals surface area (Å²) >= 11 is 0. The van der Waals surface area contributed by atoms with E-state index >= 15 is 0 Å². The number of rotatable bonds is 4. The Morgan fingerprint density at radius 1 is 1.08 bits per heavy atom. The molecule has 202 valence electrons. The first kappa shape index (κ1) is 28.4. The Labute approximate surface area is 212 Å². The topological polar surface area (TPSA) is 70.7 Å². The molecule has 6 nitrogen and oxygen atoms in total. The zero-order valence-electron chi connectivity index (χ0n) is 21.5. The number of benzene rings is 1. The maximum atomic E-state index is 13.7. The fourth-order valence-electron chi connectivity index (χ4n) is 5.13. The van der Waals surface area contributed by atoms with Crippen molar-refractivity contribution in [2.75, 3.05) is 32.8 Å². The Balaban J connectivity index is 1.70. The Morgan fingerprint density at radius 2 is 1.81 bits per heavy atom. The number of piperidine rings is 1. The minimum Gasteiger partial charge on any atom is -0.381 e. The predicted molar refractivity (Wildman–Crippen MR) is 132 cm³/mol. The van der Waals surface area contributed by atoms with Gasteiger partial charge in [-0.3, -0.25) is 14.5 Å². The summed E-state index contributed by atoms with van der Waals surface area (Å²) in [6.45, 7) is 7.43. The van der Waals surface area contributed by atoms with Gasteiger partial charge in [-0.1, -0.05) is 38.5 Å². The number of halogens is 3. The van der Waals surface area contributed by atoms with Gasteiger partial charge in [-0.2, -0.15) is 13.2 Å². The molecule has 36 heavy (non-hydrogen) atoms. The third-order valence-electron chi connectivity index (χ3n) is 7.24. The number of likely N-dealkylation sites (tertiary alicyclic amines) is 1. The third kappa shape index (κ3) is 8.20. The lowest BCUT2D eigenvalue weighted by molar-refractivity contribution is -0.139. The number of nitrogens with one attached hydrogen (secondary N) is 2. The normalized spacial score (nSPS) is 23.2. The quantitative estimate of drug-likeness (QED) is 0.624. The highest BCUT2D eigenvalue weighted by atomic mass is 19.4. The first-order valence-corrected chi connectivity index (χ1v) is 13.1. The van der Waals surface area contributed by atoms with Crippen LogP contribution in [0, 0.1) is 11.3 Å². The molecule has 2 heterocycles. The lowest BCUT2D eigenvalue weighted by Gasteiger charge is -2.41. The van der Waals surface area contributed by atoms with Crippen LogP contribution < -0.4 is 10.6 Å². The molecular weight excluding hydrogens is 471 g/mol. The second-order valence-corrected chi connectivity index (χ2v) is 10.6. The molecular formula is C27H40F3N3O3. The van der Waals surface area contributed by atoms with Crippen molar-refractivity contribution >= 4 is 11.8 Å². The van der Waals surface area contributed by atoms with E-state index in [-0.39, 0.29) is 17.7 Å². The van der Waals surface area contributed by atoms with Gasteiger partial charge in [-0.05, 0) is 69.2 Å². The van der Waals surface area contributed by atoms with Crippen LogP contribution in [-0.2, 0) is 27.0 Å². The molecule has 0 bridgehead atoms. The van der Waals surface area contributed by atoms with Gasteiger partial charge in [-0.25, -0.2) is 0 Å². The molecule has 2 N–H and O–H groups in total. The zero-order valence-corrected chi connectivity index (χ0v) is 21.5. The van der Waals surface area contributed by atoms with Crippen LogP contribution in [-0.4, -0.2) is 55.6 Å². The van der Waals surface area contributed by atoms with Crippen molar-refractivity contribution in [2.45, 2.75) is 77.6 Å². The molecule has 2 fully saturated rings. The lowest BCUT2D eigenvalue weighted by Crippen LogP contribution is -2.55. The monoisotopic (exact) mass is 511 g/mol. The average Bonchev–Trinajstić information content (AvgIpc) is 2.82. The molecule has 1 aromatic rings. The number of carbonyl (C=O) groups excluding carboxylic acids is 2. The van der Waals surface area contributed by atoms with Crippen LogP contribution in [0.2, 0.25) is 0 Å². The smallest absolute Gasteiger partial charge is 0.381 e. The van der Waals surface area contributed by atoms with E-state index < -0.39 is 23.2 Å². The Morgan fingerprint density at radius 3 is 2.50 bits per heavy atom. The average molecular weight is 512 g/mol. The first-order valence-electron chi connectivity index (χ1n) is 13.1. The summed E-state index contributed by atoms with van der Waals surface area (Å²) in [4.78, 5) is 28.6. The molecule has 0 aliphatic carbocycles. The van der Waals surface area contributed by atoms with Gasteiger partial charge in [0.25, 0.3) is 0 Å². The number of amides is 2. The summed E-state index contributed by atoms with van der Waals surface area (Å²) in [6.07, 6.45) is 0.561. The third-order valence-corrected chi connectivity index (χ3v) is 7.24. The zero-order chi connectivity index (χ0) is 26.2. The molecule has 0 aromatic heterocycles. The van der Waals surface area contributed by atoms with Crippen molar-refractivity contribution in [3.05, 3.63) is 35.4 Å². The number of carbonyl (C=O) groups is 2. The molecule has 1 atom stereocenters. The first-order chi connectivity index (χ1) is 17.1. The molecule has 2 aliphatic rings. The second kappa shape index (κ2) is 12.9. The molecule has 1 aromatic carbocycles. The van der Waals surface area contributed by atoms with Crippen molar-refractivity contribution in [3.8, 4) is 0 Å². The fraction of sp³-hybridized carbons (Fsp3) is 0.704. The van der Waals surface area contributed by atoms with Crippen LogP contribution in [0.1, 0.15) is 69.9 Å². The van der Waals surface area contributed by atoms with Gasteiger partial charge < -0.3 is 15.4 Å². The molecule has 2 saturated heterocycles. The number of hydrogen-bond donors (Lipinski definition) is 2. The largest absolute Gasteiger partial charge is 0.416 e. The number of nitrogens with zero attached hydrogens (tertiary/aromatic N) is 1. The Bertz CT molecular complexity index is 867. The number of ether oxygens (including phenoxy) is 1. The van der Waals surface area contributed by atoms with Crippen LogP contribution >= 0.6 is 0 Å². The molecule has 0 radical (unpaired) electrons. The maximum absolute atomic E-state index is 13.7. The van der Waals surface area contributed by atoms with Crippen LogP contribution in [0.25, 0.3) is 0 Å². The van der Waals surface area contributed by atoms with Gasteiger partial charge in [0, 0.05) is 26.3 Å². The molecule has 3 rings (SSSR count). The van der Waals surface area contributed by atoms with Gasteiger partial charge in [0.1, 0.15) is 6.04 Å². The molecule has 0 saturated carbocycles. The Kier molecular flexibility index (Phi) is 10.2. The van der Waals surface area contributed by atoms with Gasteiger partial charge in [0.2, 0.25) is 11.8 Å². The van der Waals surface area contributed by atoms with E-state index in [0.717, 1.165) is 25.3 Å². The molecule has 0 unspecified atom stereocenters. The van der Waals surface area contributed by atoms with E-state index in [9.17, 15) is 22.8 Å². The molecule has 2 amide bonds. The summed E-state index contributed by atoms with van der Waals surface area (Å²) in [5, 5.41) is 6.01. The second-order valence-electron chi connectivity index (χ2n) is 10.6. The van der Waals surface area contributed by atoms with E-state index in [1.165, 1.54) is 12.1 Å². The highest BCUT2D eigenvalue weighted by Gasteiger charge is 2.42.